The van der Waals surface area contributed by atoms with Crippen LogP contribution >= 0.6 is 0 Å². The van der Waals surface area contributed by atoms with Crippen molar-refractivity contribution in [3.63, 3.8) is 0 Å². The molecule has 0 spiro atoms. The molecule has 148 valence electrons. The second-order valence-corrected chi connectivity index (χ2v) is 7.23. The quantitative estimate of drug-likeness (QED) is 0.749. The number of hydrogen-bond donors (Lipinski definition) is 2. The van der Waals surface area contributed by atoms with Gasteiger partial charge in [0.15, 0.2) is 6.61 Å². The summed E-state index contributed by atoms with van der Waals surface area (Å²) in [6, 6.07) is 7.79. The van der Waals surface area contributed by atoms with E-state index in [-0.39, 0.29) is 24.5 Å². The van der Waals surface area contributed by atoms with E-state index in [1.165, 1.54) is 0 Å². The van der Waals surface area contributed by atoms with Crippen molar-refractivity contribution in [2.75, 3.05) is 18.5 Å². The highest BCUT2D eigenvalue weighted by molar-refractivity contribution is 5.93. The molecule has 3 amide bonds. The minimum atomic E-state index is -0.833. The van der Waals surface area contributed by atoms with Crippen molar-refractivity contribution >= 4 is 23.6 Å². The third kappa shape index (κ3) is 6.27. The van der Waals surface area contributed by atoms with Crippen molar-refractivity contribution in [3.8, 4) is 0 Å². The van der Waals surface area contributed by atoms with E-state index >= 15 is 0 Å². The van der Waals surface area contributed by atoms with Crippen molar-refractivity contribution in [3.05, 3.63) is 30.3 Å². The van der Waals surface area contributed by atoms with Gasteiger partial charge in [0.1, 0.15) is 6.04 Å². The lowest BCUT2D eigenvalue weighted by Gasteiger charge is -2.33. The average Bonchev–Trinajstić information content (AvgIpc) is 2.65. The number of hydrogen-bond acceptors (Lipinski definition) is 4. The number of piperidine rings is 1. The molecule has 0 unspecified atom stereocenters. The molecule has 2 rings (SSSR count). The Morgan fingerprint density at radius 3 is 2.52 bits per heavy atom. The zero-order valence-corrected chi connectivity index (χ0v) is 16.2. The zero-order valence-electron chi connectivity index (χ0n) is 16.2. The predicted octanol–water partition coefficient (Wildman–Crippen LogP) is 2.78. The van der Waals surface area contributed by atoms with E-state index in [1.807, 2.05) is 26.8 Å². The zero-order chi connectivity index (χ0) is 19.8. The Bertz CT molecular complexity index is 648. The summed E-state index contributed by atoms with van der Waals surface area (Å²) in [6.45, 7) is 6.02. The maximum absolute atomic E-state index is 12.4. The maximum Gasteiger partial charge on any atom is 0.329 e. The van der Waals surface area contributed by atoms with Gasteiger partial charge >= 0.3 is 12.0 Å². The SMILES string of the molecule is CC(C)[C@H](NC(=O)Nc1ccccc1)C(=O)OCC(=O)N1CCCC[C@@H]1C. The number of likely N-dealkylation sites (tertiary alicyclic amines) is 1. The van der Waals surface area contributed by atoms with Crippen molar-refractivity contribution in [1.82, 2.24) is 10.2 Å². The van der Waals surface area contributed by atoms with Crippen molar-refractivity contribution in [2.45, 2.75) is 52.1 Å². The summed E-state index contributed by atoms with van der Waals surface area (Å²) in [5.41, 5.74) is 0.625. The molecule has 0 radical (unpaired) electrons. The third-order valence-electron chi connectivity index (χ3n) is 4.70. The number of nitrogens with zero attached hydrogens (tertiary/aromatic N) is 1. The summed E-state index contributed by atoms with van der Waals surface area (Å²) in [7, 11) is 0. The number of esters is 1. The predicted molar refractivity (Wildman–Crippen MR) is 103 cm³/mol. The van der Waals surface area contributed by atoms with Crippen LogP contribution in [0.4, 0.5) is 10.5 Å². The van der Waals surface area contributed by atoms with Crippen LogP contribution in [-0.4, -0.2) is 48.0 Å². The van der Waals surface area contributed by atoms with Gasteiger partial charge in [-0.15, -0.1) is 0 Å². The first-order chi connectivity index (χ1) is 12.9. The molecule has 2 N–H and O–H groups in total. The van der Waals surface area contributed by atoms with Crippen molar-refractivity contribution in [1.29, 1.82) is 0 Å². The average molecular weight is 375 g/mol. The van der Waals surface area contributed by atoms with Gasteiger partial charge in [0.05, 0.1) is 0 Å². The van der Waals surface area contributed by atoms with Gasteiger partial charge in [-0.3, -0.25) is 4.79 Å². The maximum atomic E-state index is 12.4. The van der Waals surface area contributed by atoms with E-state index in [0.29, 0.717) is 12.2 Å². The fourth-order valence-electron chi connectivity index (χ4n) is 3.10. The number of ether oxygens (including phenoxy) is 1. The minimum Gasteiger partial charge on any atom is -0.454 e. The lowest BCUT2D eigenvalue weighted by Crippen LogP contribution is -2.48. The Morgan fingerprint density at radius 2 is 1.89 bits per heavy atom. The van der Waals surface area contributed by atoms with Gasteiger partial charge in [-0.1, -0.05) is 32.0 Å². The van der Waals surface area contributed by atoms with E-state index in [4.69, 9.17) is 4.74 Å². The van der Waals surface area contributed by atoms with E-state index < -0.39 is 18.0 Å². The highest BCUT2D eigenvalue weighted by Gasteiger charge is 2.28. The fourth-order valence-corrected chi connectivity index (χ4v) is 3.10. The van der Waals surface area contributed by atoms with Crippen molar-refractivity contribution in [2.24, 2.45) is 5.92 Å². The molecule has 1 aliphatic heterocycles. The lowest BCUT2D eigenvalue weighted by molar-refractivity contribution is -0.155. The molecule has 0 bridgehead atoms. The molecule has 1 fully saturated rings. The van der Waals surface area contributed by atoms with Crippen LogP contribution in [0, 0.1) is 5.92 Å². The van der Waals surface area contributed by atoms with Gasteiger partial charge in [0, 0.05) is 18.3 Å². The Labute approximate surface area is 160 Å². The summed E-state index contributed by atoms with van der Waals surface area (Å²) >= 11 is 0. The van der Waals surface area contributed by atoms with Crippen LogP contribution in [0.15, 0.2) is 30.3 Å². The molecule has 1 aromatic rings. The fraction of sp³-hybridized carbons (Fsp3) is 0.550. The summed E-state index contributed by atoms with van der Waals surface area (Å²) in [6.07, 6.45) is 3.05. The molecular weight excluding hydrogens is 346 g/mol. The smallest absolute Gasteiger partial charge is 0.329 e. The molecule has 0 saturated carbocycles. The Hall–Kier alpha value is -2.57. The number of benzene rings is 1. The Morgan fingerprint density at radius 1 is 1.19 bits per heavy atom. The lowest BCUT2D eigenvalue weighted by atomic mass is 10.0. The molecule has 1 saturated heterocycles. The number of carbonyl (C=O) groups excluding carboxylic acids is 3. The van der Waals surface area contributed by atoms with Gasteiger partial charge in [-0.05, 0) is 44.2 Å². The van der Waals surface area contributed by atoms with Gasteiger partial charge < -0.3 is 20.3 Å². The number of amides is 3. The summed E-state index contributed by atoms with van der Waals surface area (Å²) in [5, 5.41) is 5.30. The molecule has 27 heavy (non-hydrogen) atoms. The summed E-state index contributed by atoms with van der Waals surface area (Å²) in [5.74, 6) is -0.971. The highest BCUT2D eigenvalue weighted by atomic mass is 16.5. The van der Waals surface area contributed by atoms with E-state index in [9.17, 15) is 14.4 Å². The summed E-state index contributed by atoms with van der Waals surface area (Å²) in [4.78, 5) is 38.6. The van der Waals surface area contributed by atoms with Crippen molar-refractivity contribution < 1.29 is 19.1 Å². The largest absolute Gasteiger partial charge is 0.454 e. The molecule has 0 aromatic heterocycles. The van der Waals surface area contributed by atoms with Crippen LogP contribution in [0.3, 0.4) is 0 Å². The molecule has 1 heterocycles. The molecular formula is C20H29N3O4. The number of urea groups is 1. The van der Waals surface area contributed by atoms with Gasteiger partial charge in [-0.25, -0.2) is 9.59 Å². The number of nitrogens with one attached hydrogen (secondary N) is 2. The van der Waals surface area contributed by atoms with Gasteiger partial charge in [0.25, 0.3) is 5.91 Å². The second-order valence-electron chi connectivity index (χ2n) is 7.23. The number of anilines is 1. The monoisotopic (exact) mass is 375 g/mol. The van der Waals surface area contributed by atoms with Crippen LogP contribution in [0.25, 0.3) is 0 Å². The summed E-state index contributed by atoms with van der Waals surface area (Å²) < 4.78 is 5.21. The number of para-hydroxylation sites is 1. The van der Waals surface area contributed by atoms with Gasteiger partial charge in [-0.2, -0.15) is 0 Å². The first kappa shape index (κ1) is 20.7. The van der Waals surface area contributed by atoms with Crippen LogP contribution in [0.1, 0.15) is 40.0 Å². The van der Waals surface area contributed by atoms with Gasteiger partial charge in [0.2, 0.25) is 0 Å². The molecule has 0 aliphatic carbocycles. The molecule has 1 aliphatic rings. The molecule has 2 atom stereocenters. The molecule has 1 aromatic carbocycles. The van der Waals surface area contributed by atoms with Crippen LogP contribution in [0.2, 0.25) is 0 Å². The van der Waals surface area contributed by atoms with Crippen LogP contribution in [-0.2, 0) is 14.3 Å². The van der Waals surface area contributed by atoms with E-state index in [1.54, 1.807) is 29.2 Å². The normalized spacial score (nSPS) is 17.9. The molecule has 7 heteroatoms. The van der Waals surface area contributed by atoms with Crippen LogP contribution in [0.5, 0.6) is 0 Å². The Balaban J connectivity index is 1.86. The van der Waals surface area contributed by atoms with E-state index in [0.717, 1.165) is 19.3 Å². The van der Waals surface area contributed by atoms with E-state index in [2.05, 4.69) is 10.6 Å². The number of carbonyl (C=O) groups is 3. The highest BCUT2D eigenvalue weighted by Crippen LogP contribution is 2.16. The Kier molecular flexibility index (Phi) is 7.64. The first-order valence-electron chi connectivity index (χ1n) is 9.47. The second kappa shape index (κ2) is 9.94. The first-order valence-corrected chi connectivity index (χ1v) is 9.47. The molecule has 7 nitrogen and oxygen atoms in total. The van der Waals surface area contributed by atoms with Crippen LogP contribution < -0.4 is 10.6 Å². The number of rotatable bonds is 6. The topological polar surface area (TPSA) is 87.7 Å². The standard InChI is InChI=1S/C20H29N3O4/c1-14(2)18(22-20(26)21-16-10-5-4-6-11-16)19(25)27-13-17(24)23-12-8-7-9-15(23)3/h4-6,10-11,14-15,18H,7-9,12-13H2,1-3H3,(H2,21,22,26)/t15-,18-/m0/s1. The minimum absolute atomic E-state index is 0.167. The third-order valence-corrected chi connectivity index (χ3v) is 4.70.